The van der Waals surface area contributed by atoms with Crippen molar-refractivity contribution < 1.29 is 24.0 Å². The smallest absolute Gasteiger partial charge is 0.368 e. The predicted molar refractivity (Wildman–Crippen MR) is 120 cm³/mol. The van der Waals surface area contributed by atoms with E-state index in [0.29, 0.717) is 55.9 Å². The Morgan fingerprint density at radius 2 is 1.52 bits per heavy atom. The summed E-state index contributed by atoms with van der Waals surface area (Å²) < 4.78 is 0. The molecule has 3 heterocycles. The Balaban J connectivity index is 1.33. The Kier molecular flexibility index (Phi) is 7.04. The third-order valence-electron chi connectivity index (χ3n) is 6.31. The van der Waals surface area contributed by atoms with Gasteiger partial charge in [-0.1, -0.05) is 17.7 Å². The number of hydrogen-bond donors (Lipinski definition) is 0. The zero-order valence-electron chi connectivity index (χ0n) is 18.7. The minimum absolute atomic E-state index is 0.0765. The van der Waals surface area contributed by atoms with E-state index in [1.807, 2.05) is 23.1 Å². The average Bonchev–Trinajstić information content (AvgIpc) is 3.12. The monoisotopic (exact) mass is 477 g/mol. The Morgan fingerprint density at radius 3 is 2.12 bits per heavy atom. The van der Waals surface area contributed by atoms with E-state index in [1.165, 1.54) is 4.90 Å². The maximum atomic E-state index is 12.4. The molecule has 10 nitrogen and oxygen atoms in total. The number of rotatable bonds is 4. The van der Waals surface area contributed by atoms with Crippen molar-refractivity contribution in [3.05, 3.63) is 28.8 Å². The molecule has 0 spiro atoms. The Labute approximate surface area is 197 Å². The predicted octanol–water partition coefficient (Wildman–Crippen LogP) is 1.33. The van der Waals surface area contributed by atoms with Crippen LogP contribution in [-0.2, 0) is 25.8 Å². The molecule has 178 valence electrons. The van der Waals surface area contributed by atoms with Crippen LogP contribution in [0.2, 0.25) is 5.02 Å². The molecule has 3 aliphatic heterocycles. The lowest BCUT2D eigenvalue weighted by molar-refractivity contribution is -0.174. The van der Waals surface area contributed by atoms with Crippen LogP contribution in [-0.4, -0.2) is 95.9 Å². The van der Waals surface area contributed by atoms with Crippen LogP contribution in [0.5, 0.6) is 0 Å². The quantitative estimate of drug-likeness (QED) is 0.604. The van der Waals surface area contributed by atoms with Crippen LogP contribution in [0.4, 0.5) is 10.5 Å². The Hall–Kier alpha value is -2.85. The van der Waals surface area contributed by atoms with Crippen molar-refractivity contribution in [2.45, 2.75) is 26.3 Å². The van der Waals surface area contributed by atoms with Gasteiger partial charge in [0.15, 0.2) is 0 Å². The number of amides is 4. The summed E-state index contributed by atoms with van der Waals surface area (Å²) in [4.78, 5) is 60.2. The lowest BCUT2D eigenvalue weighted by atomic mass is 10.1. The van der Waals surface area contributed by atoms with E-state index in [1.54, 1.807) is 6.92 Å². The van der Waals surface area contributed by atoms with Gasteiger partial charge < -0.3 is 19.5 Å². The molecule has 3 saturated heterocycles. The molecular formula is C22H28ClN5O5. The fraction of sp³-hybridized carbons (Fsp3) is 0.545. The molecule has 1 aromatic carbocycles. The lowest BCUT2D eigenvalue weighted by Crippen LogP contribution is -2.50. The molecule has 0 atom stereocenters. The van der Waals surface area contributed by atoms with Gasteiger partial charge in [0.1, 0.15) is 0 Å². The molecule has 33 heavy (non-hydrogen) atoms. The molecular weight excluding hydrogens is 450 g/mol. The molecule has 0 aliphatic carbocycles. The van der Waals surface area contributed by atoms with Gasteiger partial charge in [0.2, 0.25) is 5.91 Å². The van der Waals surface area contributed by atoms with Gasteiger partial charge in [-0.2, -0.15) is 0 Å². The second kappa shape index (κ2) is 9.96. The van der Waals surface area contributed by atoms with Crippen LogP contribution in [0.15, 0.2) is 18.2 Å². The fourth-order valence-electron chi connectivity index (χ4n) is 4.35. The largest absolute Gasteiger partial charge is 0.434 e. The van der Waals surface area contributed by atoms with Gasteiger partial charge in [-0.05, 0) is 17.7 Å². The third-order valence-corrected chi connectivity index (χ3v) is 6.55. The number of hydrogen-bond acceptors (Lipinski definition) is 7. The zero-order chi connectivity index (χ0) is 23.5. The molecule has 4 amide bonds. The van der Waals surface area contributed by atoms with Gasteiger partial charge in [0.05, 0.1) is 0 Å². The number of piperazine rings is 2. The molecule has 3 fully saturated rings. The first-order valence-corrected chi connectivity index (χ1v) is 11.5. The molecule has 1 aromatic rings. The van der Waals surface area contributed by atoms with Crippen molar-refractivity contribution in [2.75, 3.05) is 57.3 Å². The molecule has 11 heteroatoms. The number of benzene rings is 1. The van der Waals surface area contributed by atoms with Gasteiger partial charge >= 0.3 is 6.09 Å². The normalized spacial score (nSPS) is 19.9. The Morgan fingerprint density at radius 1 is 0.909 bits per heavy atom. The second-order valence-corrected chi connectivity index (χ2v) is 8.90. The summed E-state index contributed by atoms with van der Waals surface area (Å²) in [6.45, 7) is 7.32. The first-order valence-electron chi connectivity index (χ1n) is 11.2. The van der Waals surface area contributed by atoms with E-state index in [-0.39, 0.29) is 18.7 Å². The van der Waals surface area contributed by atoms with Crippen molar-refractivity contribution in [3.63, 3.8) is 0 Å². The van der Waals surface area contributed by atoms with Crippen LogP contribution in [0.25, 0.3) is 0 Å². The highest BCUT2D eigenvalue weighted by molar-refractivity contribution is 6.30. The van der Waals surface area contributed by atoms with Gasteiger partial charge in [0.25, 0.3) is 11.8 Å². The van der Waals surface area contributed by atoms with Gasteiger partial charge in [-0.3, -0.25) is 19.3 Å². The number of carbonyl (C=O) groups excluding carboxylic acids is 4. The highest BCUT2D eigenvalue weighted by atomic mass is 35.5. The van der Waals surface area contributed by atoms with Crippen LogP contribution in [0.3, 0.4) is 0 Å². The minimum Gasteiger partial charge on any atom is -0.368 e. The van der Waals surface area contributed by atoms with Crippen LogP contribution >= 0.6 is 11.6 Å². The SMILES string of the molecule is CC(=O)N1CCN(c2cc(Cl)ccc2CN2CCN(C(=O)ON3C(=O)CCC3=O)CC2)CC1. The van der Waals surface area contributed by atoms with Crippen LogP contribution in [0, 0.1) is 0 Å². The number of nitrogens with zero attached hydrogens (tertiary/aromatic N) is 5. The van der Waals surface area contributed by atoms with E-state index >= 15 is 0 Å². The number of imide groups is 1. The highest BCUT2D eigenvalue weighted by Gasteiger charge is 2.35. The van der Waals surface area contributed by atoms with Crippen LogP contribution in [0.1, 0.15) is 25.3 Å². The first kappa shape index (κ1) is 23.3. The third kappa shape index (κ3) is 5.39. The minimum atomic E-state index is -0.672. The molecule has 0 saturated carbocycles. The Bertz CT molecular complexity index is 925. The van der Waals surface area contributed by atoms with E-state index in [0.717, 1.165) is 24.3 Å². The summed E-state index contributed by atoms with van der Waals surface area (Å²) in [5.74, 6) is -0.867. The first-order chi connectivity index (χ1) is 15.8. The second-order valence-electron chi connectivity index (χ2n) is 8.47. The summed E-state index contributed by atoms with van der Waals surface area (Å²) in [6.07, 6.45) is -0.519. The number of anilines is 1. The maximum absolute atomic E-state index is 12.4. The molecule has 0 radical (unpaired) electrons. The van der Waals surface area contributed by atoms with Gasteiger partial charge in [-0.15, -0.1) is 5.06 Å². The van der Waals surface area contributed by atoms with Crippen molar-refractivity contribution in [1.82, 2.24) is 19.8 Å². The molecule has 3 aliphatic rings. The molecule has 0 aromatic heterocycles. The molecule has 0 bridgehead atoms. The van der Waals surface area contributed by atoms with Crippen molar-refractivity contribution >= 4 is 41.1 Å². The number of carbonyl (C=O) groups is 4. The van der Waals surface area contributed by atoms with Crippen molar-refractivity contribution in [2.24, 2.45) is 0 Å². The fourth-order valence-corrected chi connectivity index (χ4v) is 4.52. The number of halogens is 1. The topological polar surface area (TPSA) is 93.7 Å². The molecule has 4 rings (SSSR count). The van der Waals surface area contributed by atoms with Gasteiger partial charge in [0, 0.05) is 89.4 Å². The summed E-state index contributed by atoms with van der Waals surface area (Å²) in [7, 11) is 0. The molecule has 0 N–H and O–H groups in total. The van der Waals surface area contributed by atoms with E-state index < -0.39 is 17.9 Å². The van der Waals surface area contributed by atoms with Crippen molar-refractivity contribution in [1.29, 1.82) is 0 Å². The van der Waals surface area contributed by atoms with Crippen LogP contribution < -0.4 is 4.90 Å². The van der Waals surface area contributed by atoms with Crippen molar-refractivity contribution in [3.8, 4) is 0 Å². The lowest BCUT2D eigenvalue weighted by Gasteiger charge is -2.38. The summed E-state index contributed by atoms with van der Waals surface area (Å²) >= 11 is 6.29. The zero-order valence-corrected chi connectivity index (χ0v) is 19.4. The van der Waals surface area contributed by atoms with E-state index in [2.05, 4.69) is 9.80 Å². The van der Waals surface area contributed by atoms with E-state index in [4.69, 9.17) is 16.4 Å². The average molecular weight is 478 g/mol. The van der Waals surface area contributed by atoms with E-state index in [9.17, 15) is 19.2 Å². The number of hydroxylamine groups is 2. The highest BCUT2D eigenvalue weighted by Crippen LogP contribution is 2.28. The summed E-state index contributed by atoms with van der Waals surface area (Å²) in [5.41, 5.74) is 2.21. The standard InChI is InChI=1S/C22H28ClN5O5/c1-16(29)25-10-12-26(13-11-25)19-14-18(23)3-2-17(19)15-24-6-8-27(9-7-24)22(32)33-28-20(30)4-5-21(28)31/h2-3,14H,4-13,15H2,1H3. The maximum Gasteiger partial charge on any atom is 0.434 e. The van der Waals surface area contributed by atoms with Gasteiger partial charge in [-0.25, -0.2) is 4.79 Å². The molecule has 0 unspecified atom stereocenters. The summed E-state index contributed by atoms with van der Waals surface area (Å²) in [5, 5.41) is 1.25. The summed E-state index contributed by atoms with van der Waals surface area (Å²) in [6, 6.07) is 5.88.